The third kappa shape index (κ3) is 1.72. The number of nitrogens with zero attached hydrogens (tertiary/aromatic N) is 1. The van der Waals surface area contributed by atoms with Gasteiger partial charge in [0, 0.05) is 25.0 Å². The molecule has 18 heavy (non-hydrogen) atoms. The number of morpholine rings is 1. The summed E-state index contributed by atoms with van der Waals surface area (Å²) in [5.74, 6) is -2.89. The van der Waals surface area contributed by atoms with Crippen LogP contribution in [0.1, 0.15) is 0 Å². The van der Waals surface area contributed by atoms with E-state index in [1.807, 2.05) is 0 Å². The lowest BCUT2D eigenvalue weighted by molar-refractivity contribution is -0.313. The predicted octanol–water partition coefficient (Wildman–Crippen LogP) is -1.84. The van der Waals surface area contributed by atoms with Crippen LogP contribution in [0, 0.1) is 11.8 Å². The van der Waals surface area contributed by atoms with E-state index in [0.29, 0.717) is 26.3 Å². The molecule has 0 unspecified atom stereocenters. The quantitative estimate of drug-likeness (QED) is 0.540. The fraction of sp³-hybridized carbons (Fsp3) is 0.667. The molecule has 0 aliphatic carbocycles. The Morgan fingerprint density at radius 2 is 1.72 bits per heavy atom. The van der Waals surface area contributed by atoms with Gasteiger partial charge >= 0.3 is 0 Å². The summed E-state index contributed by atoms with van der Waals surface area (Å²) in [5, 5.41) is 11.2. The number of rotatable bonds is 2. The summed E-state index contributed by atoms with van der Waals surface area (Å²) in [4.78, 5) is 25.2. The molecule has 0 aromatic carbocycles. The maximum atomic E-state index is 12.4. The molecule has 1 amide bonds. The van der Waals surface area contributed by atoms with Gasteiger partial charge in [0.25, 0.3) is 0 Å². The Bertz CT molecular complexity index is 401. The first-order valence-electron chi connectivity index (χ1n) is 6.09. The monoisotopic (exact) mass is 252 g/mol. The molecule has 0 aromatic heterocycles. The molecule has 98 valence electrons. The molecule has 0 saturated carbocycles. The highest BCUT2D eigenvalue weighted by Gasteiger charge is 2.51. The highest BCUT2D eigenvalue weighted by Crippen LogP contribution is 2.39. The van der Waals surface area contributed by atoms with E-state index in [9.17, 15) is 14.7 Å². The number of amides is 1. The van der Waals surface area contributed by atoms with Crippen LogP contribution in [0.25, 0.3) is 0 Å². The zero-order chi connectivity index (χ0) is 12.7. The number of aliphatic carboxylic acids is 1. The highest BCUT2D eigenvalue weighted by atomic mass is 16.5. The van der Waals surface area contributed by atoms with Crippen molar-refractivity contribution < 1.29 is 24.2 Å². The Morgan fingerprint density at radius 1 is 1.11 bits per heavy atom. The van der Waals surface area contributed by atoms with Crippen LogP contribution >= 0.6 is 0 Å². The van der Waals surface area contributed by atoms with Crippen molar-refractivity contribution in [1.29, 1.82) is 0 Å². The van der Waals surface area contributed by atoms with Crippen molar-refractivity contribution in [3.63, 3.8) is 0 Å². The topological polar surface area (TPSA) is 78.9 Å². The average Bonchev–Trinajstić information content (AvgIpc) is 2.99. The molecule has 6 heteroatoms. The molecular formula is C12H14NO5-. The van der Waals surface area contributed by atoms with Gasteiger partial charge in [-0.3, -0.25) is 4.79 Å². The normalized spacial score (nSPS) is 38.1. The minimum absolute atomic E-state index is 0.163. The molecule has 3 rings (SSSR count). The van der Waals surface area contributed by atoms with Gasteiger partial charge in [-0.2, -0.15) is 0 Å². The number of hydrogen-bond donors (Lipinski definition) is 0. The van der Waals surface area contributed by atoms with Gasteiger partial charge in [-0.1, -0.05) is 12.2 Å². The third-order valence-electron chi connectivity index (χ3n) is 3.78. The second-order valence-corrected chi connectivity index (χ2v) is 4.76. The van der Waals surface area contributed by atoms with Crippen LogP contribution in [0.4, 0.5) is 0 Å². The minimum Gasteiger partial charge on any atom is -0.550 e. The fourth-order valence-electron chi connectivity index (χ4n) is 2.88. The molecule has 2 bridgehead atoms. The number of hydrogen-bond acceptors (Lipinski definition) is 5. The van der Waals surface area contributed by atoms with Crippen molar-refractivity contribution in [3.8, 4) is 0 Å². The number of carboxylic acid groups (broad SMARTS) is 1. The second-order valence-electron chi connectivity index (χ2n) is 4.76. The first-order valence-corrected chi connectivity index (χ1v) is 6.09. The second kappa shape index (κ2) is 4.37. The van der Waals surface area contributed by atoms with E-state index in [1.165, 1.54) is 0 Å². The summed E-state index contributed by atoms with van der Waals surface area (Å²) in [6.07, 6.45) is 2.53. The van der Waals surface area contributed by atoms with E-state index < -0.39 is 30.0 Å². The summed E-state index contributed by atoms with van der Waals surface area (Å²) in [6.45, 7) is 2.02. The Kier molecular flexibility index (Phi) is 2.83. The highest BCUT2D eigenvalue weighted by molar-refractivity contribution is 5.86. The Balaban J connectivity index is 1.79. The molecule has 0 spiro atoms. The molecule has 4 atom stereocenters. The van der Waals surface area contributed by atoms with Crippen molar-refractivity contribution in [1.82, 2.24) is 4.90 Å². The van der Waals surface area contributed by atoms with Crippen LogP contribution in [-0.4, -0.2) is 55.3 Å². The lowest BCUT2D eigenvalue weighted by Gasteiger charge is -2.33. The van der Waals surface area contributed by atoms with Crippen LogP contribution in [-0.2, 0) is 19.1 Å². The van der Waals surface area contributed by atoms with Crippen LogP contribution in [0.2, 0.25) is 0 Å². The third-order valence-corrected chi connectivity index (χ3v) is 3.78. The molecule has 3 heterocycles. The molecule has 2 fully saturated rings. The molecular weight excluding hydrogens is 238 g/mol. The van der Waals surface area contributed by atoms with Crippen molar-refractivity contribution in [2.75, 3.05) is 26.3 Å². The van der Waals surface area contributed by atoms with Crippen molar-refractivity contribution in [3.05, 3.63) is 12.2 Å². The summed E-state index contributed by atoms with van der Waals surface area (Å²) < 4.78 is 10.6. The van der Waals surface area contributed by atoms with E-state index in [0.717, 1.165) is 0 Å². The molecule has 0 N–H and O–H groups in total. The van der Waals surface area contributed by atoms with Gasteiger partial charge in [-0.25, -0.2) is 0 Å². The number of carboxylic acids is 1. The SMILES string of the molecule is O=C([O-])[C@@H]1[C@H](C(=O)N2CCOCC2)[C@H]2C=C[C@@H]1O2. The molecule has 0 radical (unpaired) electrons. The van der Waals surface area contributed by atoms with Crippen LogP contribution < -0.4 is 5.11 Å². The van der Waals surface area contributed by atoms with E-state index in [2.05, 4.69) is 0 Å². The van der Waals surface area contributed by atoms with Gasteiger partial charge < -0.3 is 24.3 Å². The predicted molar refractivity (Wildman–Crippen MR) is 57.2 cm³/mol. The first kappa shape index (κ1) is 11.7. The van der Waals surface area contributed by atoms with E-state index in [1.54, 1.807) is 17.1 Å². The van der Waals surface area contributed by atoms with Gasteiger partial charge in [0.15, 0.2) is 0 Å². The smallest absolute Gasteiger partial charge is 0.229 e. The van der Waals surface area contributed by atoms with Gasteiger partial charge in [0.1, 0.15) is 0 Å². The van der Waals surface area contributed by atoms with Crippen molar-refractivity contribution >= 4 is 11.9 Å². The van der Waals surface area contributed by atoms with E-state index >= 15 is 0 Å². The number of carbonyl (C=O) groups excluding carboxylic acids is 2. The Hall–Kier alpha value is -1.40. The lowest BCUT2D eigenvalue weighted by atomic mass is 9.82. The first-order chi connectivity index (χ1) is 8.68. The van der Waals surface area contributed by atoms with Crippen LogP contribution in [0.3, 0.4) is 0 Å². The number of ether oxygens (including phenoxy) is 2. The average molecular weight is 252 g/mol. The zero-order valence-corrected chi connectivity index (χ0v) is 9.78. The van der Waals surface area contributed by atoms with Gasteiger partial charge in [0.05, 0.1) is 31.3 Å². The van der Waals surface area contributed by atoms with Gasteiger partial charge in [0.2, 0.25) is 5.91 Å². The number of fused-ring (bicyclic) bond motifs is 2. The molecule has 3 aliphatic rings. The van der Waals surface area contributed by atoms with Crippen LogP contribution in [0.5, 0.6) is 0 Å². The Morgan fingerprint density at radius 3 is 2.33 bits per heavy atom. The summed E-state index contributed by atoms with van der Waals surface area (Å²) in [7, 11) is 0. The zero-order valence-electron chi connectivity index (χ0n) is 9.78. The van der Waals surface area contributed by atoms with E-state index in [-0.39, 0.29) is 5.91 Å². The summed E-state index contributed by atoms with van der Waals surface area (Å²) in [6, 6.07) is 0. The molecule has 6 nitrogen and oxygen atoms in total. The summed E-state index contributed by atoms with van der Waals surface area (Å²) in [5.41, 5.74) is 0. The lowest BCUT2D eigenvalue weighted by Crippen LogP contribution is -2.50. The molecule has 3 aliphatic heterocycles. The number of carbonyl (C=O) groups is 2. The largest absolute Gasteiger partial charge is 0.550 e. The standard InChI is InChI=1S/C12H15NO5/c14-11(13-3-5-17-6-4-13)9-7-1-2-8(18-7)10(9)12(15)16/h1-2,7-10H,3-6H2,(H,15,16)/p-1/t7-,8+,9-,10+/m1/s1. The van der Waals surface area contributed by atoms with Gasteiger partial charge in [-0.05, 0) is 0 Å². The fourth-order valence-corrected chi connectivity index (χ4v) is 2.88. The van der Waals surface area contributed by atoms with Crippen molar-refractivity contribution in [2.45, 2.75) is 12.2 Å². The maximum absolute atomic E-state index is 12.4. The maximum Gasteiger partial charge on any atom is 0.229 e. The Labute approximate surface area is 104 Å². The minimum atomic E-state index is -1.21. The molecule has 2 saturated heterocycles. The van der Waals surface area contributed by atoms with Crippen LogP contribution in [0.15, 0.2) is 12.2 Å². The summed E-state index contributed by atoms with van der Waals surface area (Å²) >= 11 is 0. The van der Waals surface area contributed by atoms with E-state index in [4.69, 9.17) is 9.47 Å². The van der Waals surface area contributed by atoms with Crippen molar-refractivity contribution in [2.24, 2.45) is 11.8 Å². The molecule has 0 aromatic rings. The van der Waals surface area contributed by atoms with Gasteiger partial charge in [-0.15, -0.1) is 0 Å².